The van der Waals surface area contributed by atoms with Gasteiger partial charge in [-0.3, -0.25) is 16.0 Å². The Hall–Kier alpha value is 0.130. The van der Waals surface area contributed by atoms with Gasteiger partial charge in [-0.2, -0.15) is 0 Å². The molecule has 0 amide bonds. The van der Waals surface area contributed by atoms with E-state index in [1.807, 2.05) is 0 Å². The minimum Gasteiger partial charge on any atom is -0.329 e. The van der Waals surface area contributed by atoms with Crippen LogP contribution in [0.15, 0.2) is 0 Å². The van der Waals surface area contributed by atoms with Gasteiger partial charge in [0.15, 0.2) is 0 Å². The molecule has 0 aromatic heterocycles. The van der Waals surface area contributed by atoms with Crippen molar-refractivity contribution in [2.75, 3.05) is 26.2 Å². The van der Waals surface area contributed by atoms with Crippen LogP contribution < -0.4 is 21.7 Å². The highest BCUT2D eigenvalue weighted by Crippen LogP contribution is 1.98. The van der Waals surface area contributed by atoms with Crippen LogP contribution in [0.5, 0.6) is 0 Å². The third-order valence-corrected chi connectivity index (χ3v) is 2.04. The highest BCUT2D eigenvalue weighted by atomic mass is 35.5. The largest absolute Gasteiger partial charge is 0.329 e. The molecule has 11 heavy (non-hydrogen) atoms. The van der Waals surface area contributed by atoms with Gasteiger partial charge in [-0.1, -0.05) is 0 Å². The Kier molecular flexibility index (Phi) is 4.11. The van der Waals surface area contributed by atoms with Gasteiger partial charge in [0.1, 0.15) is 5.50 Å². The molecule has 2 atom stereocenters. The molecule has 1 aliphatic heterocycles. The Morgan fingerprint density at radius 3 is 2.82 bits per heavy atom. The second kappa shape index (κ2) is 4.90. The Labute approximate surface area is 71.9 Å². The molecule has 5 N–H and O–H groups in total. The predicted molar refractivity (Wildman–Crippen MR) is 46.5 cm³/mol. The van der Waals surface area contributed by atoms with Crippen LogP contribution in [0.25, 0.3) is 0 Å². The summed E-state index contributed by atoms with van der Waals surface area (Å²) in [7, 11) is 0. The number of rotatable bonds is 3. The molecule has 1 rings (SSSR count). The van der Waals surface area contributed by atoms with E-state index in [1.54, 1.807) is 0 Å². The molecule has 0 saturated carbocycles. The number of hydrogen-bond acceptors (Lipinski definition) is 4. The number of hydrogen-bond donors (Lipinski definition) is 4. The van der Waals surface area contributed by atoms with E-state index in [0.717, 1.165) is 19.6 Å². The number of piperazine rings is 1. The van der Waals surface area contributed by atoms with Gasteiger partial charge in [-0.15, -0.1) is 11.6 Å². The summed E-state index contributed by atoms with van der Waals surface area (Å²) in [6, 6.07) is 0. The van der Waals surface area contributed by atoms with Crippen LogP contribution >= 0.6 is 11.6 Å². The first-order valence-corrected chi connectivity index (χ1v) is 4.32. The Morgan fingerprint density at radius 1 is 1.45 bits per heavy atom. The van der Waals surface area contributed by atoms with Gasteiger partial charge in [0.25, 0.3) is 0 Å². The van der Waals surface area contributed by atoms with Gasteiger partial charge in [-0.25, -0.2) is 0 Å². The summed E-state index contributed by atoms with van der Waals surface area (Å²) in [5.74, 6) is 0. The summed E-state index contributed by atoms with van der Waals surface area (Å²) in [6.07, 6.45) is 0.147. The molecule has 0 aliphatic carbocycles. The van der Waals surface area contributed by atoms with Crippen LogP contribution in [-0.4, -0.2) is 37.8 Å². The van der Waals surface area contributed by atoms with Gasteiger partial charge in [0, 0.05) is 26.2 Å². The minimum absolute atomic E-state index is 0.0321. The normalized spacial score (nSPS) is 32.2. The number of nitrogens with two attached hydrogens (primary N) is 1. The average molecular weight is 179 g/mol. The zero-order chi connectivity index (χ0) is 8.10. The number of nitrogens with one attached hydrogen (secondary N) is 3. The van der Waals surface area contributed by atoms with E-state index >= 15 is 0 Å². The zero-order valence-electron chi connectivity index (χ0n) is 6.44. The van der Waals surface area contributed by atoms with E-state index in [4.69, 9.17) is 17.3 Å². The van der Waals surface area contributed by atoms with Crippen molar-refractivity contribution in [1.82, 2.24) is 16.0 Å². The highest BCUT2D eigenvalue weighted by Gasteiger charge is 2.20. The molecule has 1 aliphatic rings. The molecular formula is C6H15ClN4. The van der Waals surface area contributed by atoms with E-state index in [-0.39, 0.29) is 11.7 Å². The van der Waals surface area contributed by atoms with Crippen LogP contribution in [0.1, 0.15) is 0 Å². The van der Waals surface area contributed by atoms with E-state index in [1.165, 1.54) is 0 Å². The van der Waals surface area contributed by atoms with Crippen molar-refractivity contribution in [2.45, 2.75) is 11.7 Å². The van der Waals surface area contributed by atoms with Crippen molar-refractivity contribution in [3.05, 3.63) is 0 Å². The standard InChI is InChI=1S/C6H15ClN4/c7-5-6(10-2-1-8)11-4-3-9-5/h5-6,9-11H,1-4,8H2. The van der Waals surface area contributed by atoms with Crippen molar-refractivity contribution in [1.29, 1.82) is 0 Å². The van der Waals surface area contributed by atoms with Crippen LogP contribution in [-0.2, 0) is 0 Å². The van der Waals surface area contributed by atoms with Gasteiger partial charge in [-0.05, 0) is 0 Å². The first-order valence-electron chi connectivity index (χ1n) is 3.89. The lowest BCUT2D eigenvalue weighted by Crippen LogP contribution is -2.60. The molecule has 66 valence electrons. The second-order valence-electron chi connectivity index (χ2n) is 2.53. The molecule has 1 saturated heterocycles. The highest BCUT2D eigenvalue weighted by molar-refractivity contribution is 6.20. The lowest BCUT2D eigenvalue weighted by Gasteiger charge is -2.30. The van der Waals surface area contributed by atoms with Gasteiger partial charge >= 0.3 is 0 Å². The monoisotopic (exact) mass is 178 g/mol. The van der Waals surface area contributed by atoms with E-state index in [9.17, 15) is 0 Å². The van der Waals surface area contributed by atoms with Crippen molar-refractivity contribution in [3.63, 3.8) is 0 Å². The van der Waals surface area contributed by atoms with Crippen molar-refractivity contribution in [2.24, 2.45) is 5.73 Å². The quantitative estimate of drug-likeness (QED) is 0.318. The SMILES string of the molecule is NCCNC1NCCNC1Cl. The predicted octanol–water partition coefficient (Wildman–Crippen LogP) is -1.38. The summed E-state index contributed by atoms with van der Waals surface area (Å²) in [5.41, 5.74) is 5.31. The van der Waals surface area contributed by atoms with E-state index in [0.29, 0.717) is 6.54 Å². The lowest BCUT2D eigenvalue weighted by atomic mass is 10.3. The molecule has 1 heterocycles. The maximum absolute atomic E-state index is 5.94. The minimum atomic E-state index is -0.0321. The maximum Gasteiger partial charge on any atom is 0.111 e. The first-order chi connectivity index (χ1) is 5.34. The van der Waals surface area contributed by atoms with Crippen molar-refractivity contribution in [3.8, 4) is 0 Å². The van der Waals surface area contributed by atoms with Gasteiger partial charge in [0.2, 0.25) is 0 Å². The molecule has 2 unspecified atom stereocenters. The number of alkyl halides is 1. The topological polar surface area (TPSA) is 62.1 Å². The smallest absolute Gasteiger partial charge is 0.111 e. The summed E-state index contributed by atoms with van der Waals surface area (Å²) in [6.45, 7) is 3.31. The lowest BCUT2D eigenvalue weighted by molar-refractivity contribution is 0.337. The number of halogens is 1. The maximum atomic E-state index is 5.94. The van der Waals surface area contributed by atoms with Crippen LogP contribution in [0.3, 0.4) is 0 Å². The van der Waals surface area contributed by atoms with E-state index in [2.05, 4.69) is 16.0 Å². The third kappa shape index (κ3) is 2.92. The fourth-order valence-corrected chi connectivity index (χ4v) is 1.36. The first kappa shape index (κ1) is 9.22. The second-order valence-corrected chi connectivity index (χ2v) is 3.00. The Balaban J connectivity index is 2.18. The van der Waals surface area contributed by atoms with Crippen LogP contribution in [0.2, 0.25) is 0 Å². The molecule has 1 fully saturated rings. The van der Waals surface area contributed by atoms with Crippen LogP contribution in [0.4, 0.5) is 0 Å². The molecule has 0 aromatic rings. The Morgan fingerprint density at radius 2 is 2.18 bits per heavy atom. The van der Waals surface area contributed by atoms with Crippen molar-refractivity contribution < 1.29 is 0 Å². The summed E-state index contributed by atoms with van der Waals surface area (Å²) in [4.78, 5) is 0. The fourth-order valence-electron chi connectivity index (χ4n) is 1.07. The molecule has 5 heteroatoms. The summed E-state index contributed by atoms with van der Waals surface area (Å²) < 4.78 is 0. The summed E-state index contributed by atoms with van der Waals surface area (Å²) in [5, 5.41) is 9.57. The van der Waals surface area contributed by atoms with Crippen LogP contribution in [0, 0.1) is 0 Å². The van der Waals surface area contributed by atoms with Gasteiger partial charge < -0.3 is 5.73 Å². The third-order valence-electron chi connectivity index (χ3n) is 1.63. The molecule has 0 radical (unpaired) electrons. The molecule has 0 aromatic carbocycles. The van der Waals surface area contributed by atoms with E-state index < -0.39 is 0 Å². The molecule has 0 bridgehead atoms. The molecular weight excluding hydrogens is 164 g/mol. The average Bonchev–Trinajstić information content (AvgIpc) is 2.03. The molecule has 4 nitrogen and oxygen atoms in total. The summed E-state index contributed by atoms with van der Waals surface area (Å²) >= 11 is 5.94. The fraction of sp³-hybridized carbons (Fsp3) is 1.00. The van der Waals surface area contributed by atoms with Gasteiger partial charge in [0.05, 0.1) is 6.17 Å². The zero-order valence-corrected chi connectivity index (χ0v) is 7.19. The van der Waals surface area contributed by atoms with Crippen molar-refractivity contribution >= 4 is 11.6 Å². The molecule has 0 spiro atoms. The Bertz CT molecular complexity index is 111.